The van der Waals surface area contributed by atoms with Crippen LogP contribution < -0.4 is 4.74 Å². The maximum Gasteiger partial charge on any atom is 0.573 e. The van der Waals surface area contributed by atoms with E-state index in [9.17, 15) is 26.3 Å². The van der Waals surface area contributed by atoms with E-state index in [1.807, 2.05) is 0 Å². The topological polar surface area (TPSA) is 9.23 Å². The molecule has 0 fully saturated rings. The number of benzene rings is 1. The van der Waals surface area contributed by atoms with Gasteiger partial charge >= 0.3 is 12.5 Å². The predicted molar refractivity (Wildman–Crippen MR) is 48.2 cm³/mol. The molecule has 0 atom stereocenters. The average molecular weight is 256 g/mol. The average Bonchev–Trinajstić information content (AvgIpc) is 2.11. The lowest BCUT2D eigenvalue weighted by Crippen LogP contribution is -2.17. The van der Waals surface area contributed by atoms with Crippen molar-refractivity contribution in [3.63, 3.8) is 0 Å². The minimum Gasteiger partial charge on any atom is -0.406 e. The second-order valence-corrected chi connectivity index (χ2v) is 3.00. The van der Waals surface area contributed by atoms with Crippen LogP contribution in [-0.4, -0.2) is 12.5 Å². The van der Waals surface area contributed by atoms with Crippen molar-refractivity contribution in [2.24, 2.45) is 0 Å². The van der Waals surface area contributed by atoms with E-state index in [1.54, 1.807) is 0 Å². The number of allylic oxidation sites excluding steroid dienone is 1. The van der Waals surface area contributed by atoms with Crippen LogP contribution in [0.15, 0.2) is 30.3 Å². The van der Waals surface area contributed by atoms with E-state index in [1.165, 1.54) is 6.07 Å². The number of rotatable bonds is 2. The Hall–Kier alpha value is -1.66. The van der Waals surface area contributed by atoms with Crippen molar-refractivity contribution >= 4 is 6.08 Å². The first kappa shape index (κ1) is 13.4. The third-order valence-electron chi connectivity index (χ3n) is 1.56. The standard InChI is InChI=1S/C10H6F6O/c11-9(12,13)5-4-7-2-1-3-8(6-7)17-10(14,15)16/h1-6H. The minimum absolute atomic E-state index is 0.0379. The zero-order valence-electron chi connectivity index (χ0n) is 8.14. The normalized spacial score (nSPS) is 13.1. The Morgan fingerprint density at radius 1 is 1.00 bits per heavy atom. The molecular weight excluding hydrogens is 250 g/mol. The molecule has 0 heterocycles. The Labute approximate surface area is 92.3 Å². The van der Waals surface area contributed by atoms with Crippen LogP contribution in [0.5, 0.6) is 5.75 Å². The first-order chi connectivity index (χ1) is 7.66. The van der Waals surface area contributed by atoms with Crippen molar-refractivity contribution in [3.05, 3.63) is 35.9 Å². The van der Waals surface area contributed by atoms with E-state index in [0.29, 0.717) is 6.08 Å². The largest absolute Gasteiger partial charge is 0.573 e. The van der Waals surface area contributed by atoms with Crippen molar-refractivity contribution in [2.75, 3.05) is 0 Å². The van der Waals surface area contributed by atoms with Crippen LogP contribution in [-0.2, 0) is 0 Å². The lowest BCUT2D eigenvalue weighted by atomic mass is 10.2. The first-order valence-corrected chi connectivity index (χ1v) is 4.27. The molecule has 0 amide bonds. The quantitative estimate of drug-likeness (QED) is 0.722. The molecule has 0 spiro atoms. The van der Waals surface area contributed by atoms with Crippen LogP contribution in [0.3, 0.4) is 0 Å². The molecule has 0 bridgehead atoms. The zero-order valence-corrected chi connectivity index (χ0v) is 8.14. The summed E-state index contributed by atoms with van der Waals surface area (Å²) in [5.41, 5.74) is -0.0379. The van der Waals surface area contributed by atoms with E-state index in [4.69, 9.17) is 0 Å². The molecule has 0 N–H and O–H groups in total. The highest BCUT2D eigenvalue weighted by molar-refractivity contribution is 5.52. The Balaban J connectivity index is 2.83. The molecule has 0 unspecified atom stereocenters. The lowest BCUT2D eigenvalue weighted by Gasteiger charge is -2.08. The molecule has 0 saturated heterocycles. The number of alkyl halides is 6. The Kier molecular flexibility index (Phi) is 3.69. The van der Waals surface area contributed by atoms with E-state index in [-0.39, 0.29) is 11.6 Å². The molecular formula is C10H6F6O. The Morgan fingerprint density at radius 2 is 1.65 bits per heavy atom. The molecule has 94 valence electrons. The summed E-state index contributed by atoms with van der Waals surface area (Å²) in [6.07, 6.45) is -8.80. The van der Waals surface area contributed by atoms with Gasteiger partial charge in [0.05, 0.1) is 0 Å². The van der Waals surface area contributed by atoms with Gasteiger partial charge in [0.25, 0.3) is 0 Å². The SMILES string of the molecule is FC(F)(F)C=Cc1cccc(OC(F)(F)F)c1. The molecule has 0 radical (unpaired) electrons. The predicted octanol–water partition coefficient (Wildman–Crippen LogP) is 4.16. The van der Waals surface area contributed by atoms with Crippen LogP contribution in [0.2, 0.25) is 0 Å². The fourth-order valence-corrected chi connectivity index (χ4v) is 1.01. The van der Waals surface area contributed by atoms with Gasteiger partial charge in [-0.2, -0.15) is 13.2 Å². The third-order valence-corrected chi connectivity index (χ3v) is 1.56. The molecule has 0 saturated carbocycles. The monoisotopic (exact) mass is 256 g/mol. The summed E-state index contributed by atoms with van der Waals surface area (Å²) in [6.45, 7) is 0. The van der Waals surface area contributed by atoms with Crippen LogP contribution in [0.1, 0.15) is 5.56 Å². The number of hydrogen-bond donors (Lipinski definition) is 0. The highest BCUT2D eigenvalue weighted by Gasteiger charge is 2.31. The van der Waals surface area contributed by atoms with Gasteiger partial charge in [0, 0.05) is 6.08 Å². The van der Waals surface area contributed by atoms with Gasteiger partial charge in [-0.25, -0.2) is 0 Å². The second kappa shape index (κ2) is 4.68. The van der Waals surface area contributed by atoms with Gasteiger partial charge < -0.3 is 4.74 Å². The lowest BCUT2D eigenvalue weighted by molar-refractivity contribution is -0.274. The van der Waals surface area contributed by atoms with Crippen molar-refractivity contribution < 1.29 is 31.1 Å². The van der Waals surface area contributed by atoms with Crippen LogP contribution in [0.25, 0.3) is 6.08 Å². The summed E-state index contributed by atoms with van der Waals surface area (Å²) in [7, 11) is 0. The van der Waals surface area contributed by atoms with Gasteiger partial charge in [-0.05, 0) is 23.8 Å². The first-order valence-electron chi connectivity index (χ1n) is 4.27. The summed E-state index contributed by atoms with van der Waals surface area (Å²) in [5, 5.41) is 0. The van der Waals surface area contributed by atoms with Crippen molar-refractivity contribution in [2.45, 2.75) is 12.5 Å². The van der Waals surface area contributed by atoms with E-state index in [2.05, 4.69) is 4.74 Å². The zero-order chi connectivity index (χ0) is 13.1. The van der Waals surface area contributed by atoms with Gasteiger partial charge in [-0.15, -0.1) is 13.2 Å². The molecule has 0 aliphatic rings. The highest BCUT2D eigenvalue weighted by Crippen LogP contribution is 2.24. The van der Waals surface area contributed by atoms with Crippen molar-refractivity contribution in [1.82, 2.24) is 0 Å². The summed E-state index contributed by atoms with van der Waals surface area (Å²) in [4.78, 5) is 0. The van der Waals surface area contributed by atoms with Gasteiger partial charge in [0.1, 0.15) is 5.75 Å². The summed E-state index contributed by atoms with van der Waals surface area (Å²) in [6, 6.07) is 4.25. The summed E-state index contributed by atoms with van der Waals surface area (Å²) in [5.74, 6) is -0.568. The summed E-state index contributed by atoms with van der Waals surface area (Å²) < 4.78 is 74.5. The van der Waals surface area contributed by atoms with Gasteiger partial charge in [0.15, 0.2) is 0 Å². The van der Waals surface area contributed by atoms with Gasteiger partial charge in [0.2, 0.25) is 0 Å². The van der Waals surface area contributed by atoms with E-state index in [0.717, 1.165) is 18.2 Å². The molecule has 1 aromatic carbocycles. The van der Waals surface area contributed by atoms with Gasteiger partial charge in [-0.1, -0.05) is 12.1 Å². The molecule has 1 aromatic rings. The van der Waals surface area contributed by atoms with Crippen LogP contribution in [0.4, 0.5) is 26.3 Å². The number of hydrogen-bond acceptors (Lipinski definition) is 1. The molecule has 0 aliphatic carbocycles. The minimum atomic E-state index is -4.87. The van der Waals surface area contributed by atoms with E-state index < -0.39 is 18.3 Å². The summed E-state index contributed by atoms with van der Waals surface area (Å²) >= 11 is 0. The van der Waals surface area contributed by atoms with Crippen molar-refractivity contribution in [1.29, 1.82) is 0 Å². The smallest absolute Gasteiger partial charge is 0.406 e. The van der Waals surface area contributed by atoms with Crippen LogP contribution in [0, 0.1) is 0 Å². The molecule has 0 aromatic heterocycles. The Bertz CT molecular complexity index is 404. The van der Waals surface area contributed by atoms with E-state index >= 15 is 0 Å². The third kappa shape index (κ3) is 5.84. The molecule has 1 rings (SSSR count). The molecule has 1 nitrogen and oxygen atoms in total. The molecule has 17 heavy (non-hydrogen) atoms. The number of halogens is 6. The second-order valence-electron chi connectivity index (χ2n) is 3.00. The fourth-order valence-electron chi connectivity index (χ4n) is 1.01. The number of ether oxygens (including phenoxy) is 1. The maximum absolute atomic E-state index is 11.8. The Morgan fingerprint density at radius 3 is 2.18 bits per heavy atom. The molecule has 0 aliphatic heterocycles. The van der Waals surface area contributed by atoms with Crippen molar-refractivity contribution in [3.8, 4) is 5.75 Å². The molecule has 7 heteroatoms. The maximum atomic E-state index is 11.8. The van der Waals surface area contributed by atoms with Gasteiger partial charge in [-0.3, -0.25) is 0 Å². The van der Waals surface area contributed by atoms with Crippen LogP contribution >= 0.6 is 0 Å². The fraction of sp³-hybridized carbons (Fsp3) is 0.200. The highest BCUT2D eigenvalue weighted by atomic mass is 19.4.